The molecule has 0 spiro atoms. The van der Waals surface area contributed by atoms with E-state index >= 15 is 0 Å². The standard InChI is InChI=1S/C20H17N5OS/c1-12-13(2)24-18-9-14(6-7-16(18)23-12)19(26)22-10-15-11-27-20(25-15)17-5-3-4-8-21-17/h3-9,11H,10H2,1-2H3,(H,22,26). The first-order valence-corrected chi connectivity index (χ1v) is 9.37. The number of thiazole rings is 1. The van der Waals surface area contributed by atoms with Crippen LogP contribution in [0.3, 0.4) is 0 Å². The maximum absolute atomic E-state index is 12.5. The Morgan fingerprint density at radius 3 is 2.63 bits per heavy atom. The highest BCUT2D eigenvalue weighted by Crippen LogP contribution is 2.21. The maximum Gasteiger partial charge on any atom is 0.251 e. The van der Waals surface area contributed by atoms with Gasteiger partial charge in [0.15, 0.2) is 0 Å². The molecule has 0 radical (unpaired) electrons. The van der Waals surface area contributed by atoms with E-state index in [1.165, 1.54) is 11.3 Å². The van der Waals surface area contributed by atoms with Crippen LogP contribution in [0, 0.1) is 13.8 Å². The Bertz CT molecular complexity index is 1120. The van der Waals surface area contributed by atoms with Crippen molar-refractivity contribution in [3.05, 3.63) is 70.6 Å². The summed E-state index contributed by atoms with van der Waals surface area (Å²) in [6, 6.07) is 11.1. The SMILES string of the molecule is Cc1nc2ccc(C(=O)NCc3csc(-c4ccccn4)n3)cc2nc1C. The Morgan fingerprint density at radius 1 is 1.04 bits per heavy atom. The summed E-state index contributed by atoms with van der Waals surface area (Å²) in [5.74, 6) is -0.163. The van der Waals surface area contributed by atoms with E-state index in [-0.39, 0.29) is 5.91 Å². The largest absolute Gasteiger partial charge is 0.346 e. The van der Waals surface area contributed by atoms with Gasteiger partial charge in [0.2, 0.25) is 0 Å². The van der Waals surface area contributed by atoms with E-state index in [1.807, 2.05) is 43.5 Å². The van der Waals surface area contributed by atoms with Crippen molar-refractivity contribution in [3.8, 4) is 10.7 Å². The molecule has 0 fully saturated rings. The molecule has 1 aromatic carbocycles. The summed E-state index contributed by atoms with van der Waals surface area (Å²) < 4.78 is 0. The second-order valence-electron chi connectivity index (χ2n) is 6.14. The van der Waals surface area contributed by atoms with Crippen molar-refractivity contribution in [1.82, 2.24) is 25.3 Å². The fraction of sp³-hybridized carbons (Fsp3) is 0.150. The van der Waals surface area contributed by atoms with Gasteiger partial charge >= 0.3 is 0 Å². The maximum atomic E-state index is 12.5. The molecule has 0 aliphatic rings. The van der Waals surface area contributed by atoms with Gasteiger partial charge in [-0.2, -0.15) is 0 Å². The molecular weight excluding hydrogens is 358 g/mol. The number of pyridine rings is 1. The third-order valence-corrected chi connectivity index (χ3v) is 5.12. The first kappa shape index (κ1) is 17.2. The number of amides is 1. The molecule has 27 heavy (non-hydrogen) atoms. The van der Waals surface area contributed by atoms with Crippen molar-refractivity contribution in [1.29, 1.82) is 0 Å². The molecule has 0 saturated heterocycles. The minimum absolute atomic E-state index is 0.163. The molecule has 3 aromatic heterocycles. The normalized spacial score (nSPS) is 10.9. The van der Waals surface area contributed by atoms with E-state index in [2.05, 4.69) is 25.3 Å². The van der Waals surface area contributed by atoms with Crippen molar-refractivity contribution in [2.75, 3.05) is 0 Å². The topological polar surface area (TPSA) is 80.7 Å². The molecule has 0 bridgehead atoms. The van der Waals surface area contributed by atoms with Gasteiger partial charge in [-0.25, -0.2) is 15.0 Å². The van der Waals surface area contributed by atoms with Crippen LogP contribution in [0.1, 0.15) is 27.4 Å². The third-order valence-electron chi connectivity index (χ3n) is 4.20. The van der Waals surface area contributed by atoms with Crippen molar-refractivity contribution in [2.24, 2.45) is 0 Å². The van der Waals surface area contributed by atoms with E-state index < -0.39 is 0 Å². The first-order valence-electron chi connectivity index (χ1n) is 8.49. The number of hydrogen-bond acceptors (Lipinski definition) is 6. The Morgan fingerprint density at radius 2 is 1.85 bits per heavy atom. The predicted octanol–water partition coefficient (Wildman–Crippen LogP) is 3.70. The smallest absolute Gasteiger partial charge is 0.251 e. The van der Waals surface area contributed by atoms with E-state index in [1.54, 1.807) is 18.3 Å². The number of nitrogens with one attached hydrogen (secondary N) is 1. The van der Waals surface area contributed by atoms with Crippen LogP contribution in [0.2, 0.25) is 0 Å². The van der Waals surface area contributed by atoms with Gasteiger partial charge in [-0.3, -0.25) is 9.78 Å². The Balaban J connectivity index is 1.47. The zero-order chi connectivity index (χ0) is 18.8. The van der Waals surface area contributed by atoms with Crippen LogP contribution >= 0.6 is 11.3 Å². The van der Waals surface area contributed by atoms with E-state index in [4.69, 9.17) is 0 Å². The van der Waals surface area contributed by atoms with Crippen LogP contribution in [-0.4, -0.2) is 25.8 Å². The lowest BCUT2D eigenvalue weighted by Crippen LogP contribution is -2.23. The first-order chi connectivity index (χ1) is 13.1. The third kappa shape index (κ3) is 3.68. The summed E-state index contributed by atoms with van der Waals surface area (Å²) in [7, 11) is 0. The van der Waals surface area contributed by atoms with Crippen LogP contribution in [0.25, 0.3) is 21.7 Å². The average molecular weight is 375 g/mol. The van der Waals surface area contributed by atoms with Gasteiger partial charge in [-0.1, -0.05) is 6.07 Å². The van der Waals surface area contributed by atoms with Gasteiger partial charge in [0.25, 0.3) is 5.91 Å². The summed E-state index contributed by atoms with van der Waals surface area (Å²) in [5.41, 5.74) is 5.46. The molecule has 0 unspecified atom stereocenters. The molecule has 0 aliphatic carbocycles. The van der Waals surface area contributed by atoms with Gasteiger partial charge in [-0.05, 0) is 44.2 Å². The number of fused-ring (bicyclic) bond motifs is 1. The van der Waals surface area contributed by atoms with Crippen LogP contribution in [0.5, 0.6) is 0 Å². The minimum Gasteiger partial charge on any atom is -0.346 e. The predicted molar refractivity (Wildman–Crippen MR) is 106 cm³/mol. The second kappa shape index (κ2) is 7.20. The second-order valence-corrected chi connectivity index (χ2v) is 7.00. The molecule has 4 rings (SSSR count). The number of hydrogen-bond donors (Lipinski definition) is 1. The quantitative estimate of drug-likeness (QED) is 0.588. The van der Waals surface area contributed by atoms with E-state index in [9.17, 15) is 4.79 Å². The minimum atomic E-state index is -0.163. The molecule has 0 saturated carbocycles. The van der Waals surface area contributed by atoms with Crippen LogP contribution in [-0.2, 0) is 6.54 Å². The molecule has 1 amide bonds. The number of rotatable bonds is 4. The number of aromatic nitrogens is 4. The van der Waals surface area contributed by atoms with E-state index in [0.29, 0.717) is 12.1 Å². The Labute approximate surface area is 160 Å². The van der Waals surface area contributed by atoms with Crippen molar-refractivity contribution >= 4 is 28.3 Å². The van der Waals surface area contributed by atoms with Crippen LogP contribution in [0.15, 0.2) is 48.0 Å². The lowest BCUT2D eigenvalue weighted by molar-refractivity contribution is 0.0950. The zero-order valence-corrected chi connectivity index (χ0v) is 15.7. The highest BCUT2D eigenvalue weighted by atomic mass is 32.1. The van der Waals surface area contributed by atoms with Crippen LogP contribution in [0.4, 0.5) is 0 Å². The van der Waals surface area contributed by atoms with Crippen LogP contribution < -0.4 is 5.32 Å². The fourth-order valence-electron chi connectivity index (χ4n) is 2.64. The molecular formula is C20H17N5OS. The molecule has 0 atom stereocenters. The van der Waals surface area contributed by atoms with E-state index in [0.717, 1.165) is 38.8 Å². The van der Waals surface area contributed by atoms with Gasteiger partial charge in [0.1, 0.15) is 5.01 Å². The Kier molecular flexibility index (Phi) is 4.60. The highest BCUT2D eigenvalue weighted by Gasteiger charge is 2.10. The highest BCUT2D eigenvalue weighted by molar-refractivity contribution is 7.13. The molecule has 7 heteroatoms. The summed E-state index contributed by atoms with van der Waals surface area (Å²) in [6.45, 7) is 4.20. The van der Waals surface area contributed by atoms with Crippen molar-refractivity contribution < 1.29 is 4.79 Å². The van der Waals surface area contributed by atoms with Gasteiger partial charge in [0, 0.05) is 17.1 Å². The number of carbonyl (C=O) groups is 1. The summed E-state index contributed by atoms with van der Waals surface area (Å²) >= 11 is 1.51. The lowest BCUT2D eigenvalue weighted by Gasteiger charge is -2.06. The summed E-state index contributed by atoms with van der Waals surface area (Å²) in [6.07, 6.45) is 1.74. The molecule has 0 aliphatic heterocycles. The molecule has 4 aromatic rings. The fourth-order valence-corrected chi connectivity index (χ4v) is 3.44. The average Bonchev–Trinajstić information content (AvgIpc) is 3.16. The Hall–Kier alpha value is -3.19. The molecule has 3 heterocycles. The number of carbonyl (C=O) groups excluding carboxylic acids is 1. The van der Waals surface area contributed by atoms with Gasteiger partial charge in [-0.15, -0.1) is 11.3 Å². The molecule has 6 nitrogen and oxygen atoms in total. The van der Waals surface area contributed by atoms with Gasteiger partial charge < -0.3 is 5.32 Å². The lowest BCUT2D eigenvalue weighted by atomic mass is 10.1. The summed E-state index contributed by atoms with van der Waals surface area (Å²) in [5, 5.41) is 5.68. The van der Waals surface area contributed by atoms with Gasteiger partial charge in [0.05, 0.1) is 40.4 Å². The number of nitrogens with zero attached hydrogens (tertiary/aromatic N) is 4. The molecule has 1 N–H and O–H groups in total. The molecule has 134 valence electrons. The summed E-state index contributed by atoms with van der Waals surface area (Å²) in [4.78, 5) is 30.3. The monoisotopic (exact) mass is 375 g/mol. The zero-order valence-electron chi connectivity index (χ0n) is 14.9. The van der Waals surface area contributed by atoms with Crippen molar-refractivity contribution in [2.45, 2.75) is 20.4 Å². The number of aryl methyl sites for hydroxylation is 2. The number of benzene rings is 1. The van der Waals surface area contributed by atoms with Crippen molar-refractivity contribution in [3.63, 3.8) is 0 Å².